The lowest BCUT2D eigenvalue weighted by molar-refractivity contribution is 0.0953. The molecule has 9 heteroatoms. The van der Waals surface area contributed by atoms with Gasteiger partial charge in [0.05, 0.1) is 4.90 Å². The molecule has 2 heterocycles. The van der Waals surface area contributed by atoms with Crippen molar-refractivity contribution < 1.29 is 13.2 Å². The molecule has 1 aromatic carbocycles. The van der Waals surface area contributed by atoms with E-state index in [2.05, 4.69) is 24.8 Å². The molecule has 2 N–H and O–H groups in total. The Morgan fingerprint density at radius 2 is 1.92 bits per heavy atom. The van der Waals surface area contributed by atoms with E-state index in [4.69, 9.17) is 0 Å². The van der Waals surface area contributed by atoms with Crippen LogP contribution in [0.15, 0.2) is 29.2 Å². The summed E-state index contributed by atoms with van der Waals surface area (Å²) in [5.74, 6) is 1.69. The van der Waals surface area contributed by atoms with Crippen LogP contribution in [-0.2, 0) is 29.4 Å². The van der Waals surface area contributed by atoms with Crippen molar-refractivity contribution in [2.75, 3.05) is 13.6 Å². The summed E-state index contributed by atoms with van der Waals surface area (Å²) in [5, 5.41) is 11.3. The van der Waals surface area contributed by atoms with Gasteiger partial charge in [0.2, 0.25) is 10.0 Å². The minimum atomic E-state index is -3.50. The van der Waals surface area contributed by atoms with Gasteiger partial charge < -0.3 is 9.88 Å². The number of sulfonamides is 1. The Kier molecular flexibility index (Phi) is 5.67. The summed E-state index contributed by atoms with van der Waals surface area (Å²) in [5.41, 5.74) is 0.417. The normalized spacial score (nSPS) is 14.5. The van der Waals surface area contributed by atoms with Crippen molar-refractivity contribution in [2.45, 2.75) is 43.5 Å². The van der Waals surface area contributed by atoms with Crippen molar-refractivity contribution in [3.05, 3.63) is 41.5 Å². The molecule has 2 aromatic rings. The molecule has 0 unspecified atom stereocenters. The van der Waals surface area contributed by atoms with Gasteiger partial charge in [0, 0.05) is 31.5 Å². The highest BCUT2D eigenvalue weighted by Gasteiger charge is 2.15. The Morgan fingerprint density at radius 1 is 1.15 bits per heavy atom. The number of amides is 1. The Labute approximate surface area is 153 Å². The van der Waals surface area contributed by atoms with E-state index in [0.717, 1.165) is 37.5 Å². The second-order valence-corrected chi connectivity index (χ2v) is 8.12. The number of nitrogens with one attached hydrogen (secondary N) is 2. The van der Waals surface area contributed by atoms with Gasteiger partial charge in [-0.2, -0.15) is 0 Å². The molecule has 26 heavy (non-hydrogen) atoms. The zero-order valence-corrected chi connectivity index (χ0v) is 15.6. The average molecular weight is 377 g/mol. The largest absolute Gasteiger partial charge is 0.352 e. The molecule has 0 spiro atoms. The number of aryl methyl sites for hydroxylation is 1. The zero-order valence-electron chi connectivity index (χ0n) is 14.7. The third kappa shape index (κ3) is 4.10. The van der Waals surface area contributed by atoms with Crippen molar-refractivity contribution in [1.82, 2.24) is 24.8 Å². The summed E-state index contributed by atoms with van der Waals surface area (Å²) in [6, 6.07) is 5.84. The number of benzene rings is 1. The fraction of sp³-hybridized carbons (Fsp3) is 0.471. The van der Waals surface area contributed by atoms with E-state index in [9.17, 15) is 13.2 Å². The molecule has 0 saturated heterocycles. The lowest BCUT2D eigenvalue weighted by atomic mass is 10.2. The van der Waals surface area contributed by atoms with E-state index in [1.807, 2.05) is 0 Å². The van der Waals surface area contributed by atoms with Gasteiger partial charge in [-0.1, -0.05) is 6.42 Å². The number of aromatic nitrogens is 3. The van der Waals surface area contributed by atoms with Gasteiger partial charge in [0.15, 0.2) is 0 Å². The van der Waals surface area contributed by atoms with Gasteiger partial charge in [0.25, 0.3) is 5.91 Å². The Bertz CT molecular complexity index is 874. The fourth-order valence-corrected chi connectivity index (χ4v) is 3.75. The van der Waals surface area contributed by atoms with Crippen LogP contribution in [-0.4, -0.2) is 42.7 Å². The summed E-state index contributed by atoms with van der Waals surface area (Å²) < 4.78 is 27.8. The first-order valence-corrected chi connectivity index (χ1v) is 10.2. The topological polar surface area (TPSA) is 106 Å². The third-order valence-electron chi connectivity index (χ3n) is 4.52. The van der Waals surface area contributed by atoms with Crippen molar-refractivity contribution in [3.8, 4) is 0 Å². The molecule has 0 bridgehead atoms. The van der Waals surface area contributed by atoms with Gasteiger partial charge in [-0.05, 0) is 44.2 Å². The van der Waals surface area contributed by atoms with Crippen LogP contribution in [0.4, 0.5) is 0 Å². The predicted molar refractivity (Wildman–Crippen MR) is 96.3 cm³/mol. The third-order valence-corrected chi connectivity index (χ3v) is 5.95. The highest BCUT2D eigenvalue weighted by molar-refractivity contribution is 7.89. The van der Waals surface area contributed by atoms with Crippen molar-refractivity contribution >= 4 is 15.9 Å². The molecule has 3 rings (SSSR count). The van der Waals surface area contributed by atoms with E-state index in [1.165, 1.54) is 37.7 Å². The maximum absolute atomic E-state index is 12.2. The number of carbonyl (C=O) groups excluding carboxylic acids is 1. The summed E-state index contributed by atoms with van der Waals surface area (Å²) in [7, 11) is -2.15. The monoisotopic (exact) mass is 377 g/mol. The molecule has 8 nitrogen and oxygen atoms in total. The molecule has 0 fully saturated rings. The SMILES string of the molecule is CNS(=O)(=O)c1ccc(C(=O)NCCc2nnc3n2CCCCC3)cc1. The van der Waals surface area contributed by atoms with E-state index in [1.54, 1.807) is 0 Å². The summed E-state index contributed by atoms with van der Waals surface area (Å²) >= 11 is 0. The Balaban J connectivity index is 1.57. The summed E-state index contributed by atoms with van der Waals surface area (Å²) in [6.45, 7) is 1.39. The van der Waals surface area contributed by atoms with Crippen molar-refractivity contribution in [1.29, 1.82) is 0 Å². The van der Waals surface area contributed by atoms with E-state index in [-0.39, 0.29) is 10.8 Å². The fourth-order valence-electron chi connectivity index (χ4n) is 3.02. The van der Waals surface area contributed by atoms with Crippen LogP contribution in [0, 0.1) is 0 Å². The molecule has 140 valence electrons. The first-order chi connectivity index (χ1) is 12.5. The van der Waals surface area contributed by atoms with Gasteiger partial charge in [-0.15, -0.1) is 10.2 Å². The molecule has 1 aliphatic heterocycles. The minimum absolute atomic E-state index is 0.128. The second kappa shape index (κ2) is 7.96. The molecule has 1 aliphatic rings. The highest BCUT2D eigenvalue weighted by atomic mass is 32.2. The van der Waals surface area contributed by atoms with E-state index >= 15 is 0 Å². The molecular formula is C17H23N5O3S. The van der Waals surface area contributed by atoms with Gasteiger partial charge in [0.1, 0.15) is 11.6 Å². The van der Waals surface area contributed by atoms with E-state index < -0.39 is 10.0 Å². The minimum Gasteiger partial charge on any atom is -0.352 e. The number of nitrogens with zero attached hydrogens (tertiary/aromatic N) is 3. The average Bonchev–Trinajstić information content (AvgIpc) is 2.88. The van der Waals surface area contributed by atoms with Gasteiger partial charge in [-0.3, -0.25) is 4.79 Å². The van der Waals surface area contributed by atoms with Gasteiger partial charge in [-0.25, -0.2) is 13.1 Å². The Morgan fingerprint density at radius 3 is 2.65 bits per heavy atom. The number of hydrogen-bond donors (Lipinski definition) is 2. The molecule has 0 atom stereocenters. The first-order valence-electron chi connectivity index (χ1n) is 8.74. The maximum Gasteiger partial charge on any atom is 0.251 e. The van der Waals surface area contributed by atoms with Crippen LogP contribution in [0.2, 0.25) is 0 Å². The van der Waals surface area contributed by atoms with Crippen LogP contribution >= 0.6 is 0 Å². The van der Waals surface area contributed by atoms with Crippen LogP contribution in [0.25, 0.3) is 0 Å². The Hall–Kier alpha value is -2.26. The van der Waals surface area contributed by atoms with Crippen molar-refractivity contribution in [3.63, 3.8) is 0 Å². The van der Waals surface area contributed by atoms with Crippen LogP contribution in [0.5, 0.6) is 0 Å². The van der Waals surface area contributed by atoms with E-state index in [0.29, 0.717) is 18.5 Å². The number of hydrogen-bond acceptors (Lipinski definition) is 5. The molecule has 1 aromatic heterocycles. The standard InChI is InChI=1S/C17H23N5O3S/c1-18-26(24,25)14-8-6-13(7-9-14)17(23)19-11-10-16-21-20-15-5-3-2-4-12-22(15)16/h6-9,18H,2-5,10-12H2,1H3,(H,19,23). The first kappa shape index (κ1) is 18.5. The molecule has 1 amide bonds. The zero-order chi connectivity index (χ0) is 18.6. The number of carbonyl (C=O) groups is 1. The number of fused-ring (bicyclic) bond motifs is 1. The molecule has 0 radical (unpaired) electrons. The molecular weight excluding hydrogens is 354 g/mol. The van der Waals surface area contributed by atoms with Gasteiger partial charge >= 0.3 is 0 Å². The van der Waals surface area contributed by atoms with Crippen LogP contribution in [0.1, 0.15) is 41.3 Å². The lowest BCUT2D eigenvalue weighted by Gasteiger charge is -2.08. The predicted octanol–water partition coefficient (Wildman–Crippen LogP) is 0.885. The molecule has 0 saturated carbocycles. The molecule has 0 aliphatic carbocycles. The smallest absolute Gasteiger partial charge is 0.251 e. The lowest BCUT2D eigenvalue weighted by Crippen LogP contribution is -2.26. The van der Waals surface area contributed by atoms with Crippen molar-refractivity contribution in [2.24, 2.45) is 0 Å². The summed E-state index contributed by atoms with van der Waals surface area (Å²) in [4.78, 5) is 12.4. The quantitative estimate of drug-likeness (QED) is 0.777. The number of rotatable bonds is 6. The van der Waals surface area contributed by atoms with Crippen LogP contribution < -0.4 is 10.0 Å². The van der Waals surface area contributed by atoms with Crippen LogP contribution in [0.3, 0.4) is 0 Å². The second-order valence-electron chi connectivity index (χ2n) is 6.23. The summed E-state index contributed by atoms with van der Waals surface area (Å²) in [6.07, 6.45) is 5.06. The highest BCUT2D eigenvalue weighted by Crippen LogP contribution is 2.14. The maximum atomic E-state index is 12.2.